The Morgan fingerprint density at radius 1 is 1.16 bits per heavy atom. The minimum Gasteiger partial charge on any atom is -0.481 e. The molecule has 204 valence electrons. The van der Waals surface area contributed by atoms with E-state index in [0.29, 0.717) is 13.2 Å². The number of urea groups is 1. The number of nitro benzene ring substituents is 1. The average Bonchev–Trinajstić information content (AvgIpc) is 3.60. The summed E-state index contributed by atoms with van der Waals surface area (Å²) < 4.78 is 33.0. The van der Waals surface area contributed by atoms with E-state index in [1.165, 1.54) is 29.2 Å². The van der Waals surface area contributed by atoms with E-state index in [9.17, 15) is 38.0 Å². The van der Waals surface area contributed by atoms with Gasteiger partial charge in [-0.25, -0.2) is 13.2 Å². The van der Waals surface area contributed by atoms with E-state index in [0.717, 1.165) is 26.6 Å². The molecule has 2 atom stereocenters. The third-order valence-corrected chi connectivity index (χ3v) is 9.35. The van der Waals surface area contributed by atoms with Crippen molar-refractivity contribution in [2.45, 2.75) is 22.8 Å². The maximum absolute atomic E-state index is 13.7. The van der Waals surface area contributed by atoms with Gasteiger partial charge in [-0.2, -0.15) is 4.31 Å². The van der Waals surface area contributed by atoms with Crippen molar-refractivity contribution in [1.82, 2.24) is 19.4 Å². The largest absolute Gasteiger partial charge is 0.481 e. The highest BCUT2D eigenvalue weighted by atomic mass is 32.2. The number of nitrogens with one attached hydrogen (secondary N) is 1. The quantitative estimate of drug-likeness (QED) is 0.348. The number of carboxylic acids is 1. The number of carbonyl (C=O) groups is 3. The molecule has 1 aromatic heterocycles. The van der Waals surface area contributed by atoms with E-state index in [-0.39, 0.29) is 41.6 Å². The number of hydrogen-bond donors (Lipinski definition) is 2. The van der Waals surface area contributed by atoms with Crippen molar-refractivity contribution in [1.29, 1.82) is 0 Å². The van der Waals surface area contributed by atoms with Gasteiger partial charge in [-0.05, 0) is 17.0 Å². The van der Waals surface area contributed by atoms with Crippen molar-refractivity contribution in [3.8, 4) is 0 Å². The molecule has 0 spiro atoms. The van der Waals surface area contributed by atoms with Gasteiger partial charge >= 0.3 is 12.0 Å². The van der Waals surface area contributed by atoms with E-state index >= 15 is 0 Å². The number of carbonyl (C=O) groups excluding carboxylic acids is 2. The normalized spacial score (nSPS) is 19.2. The predicted octanol–water partition coefficient (Wildman–Crippen LogP) is 1.07. The highest BCUT2D eigenvalue weighted by molar-refractivity contribution is 7.91. The highest BCUT2D eigenvalue weighted by Crippen LogP contribution is 2.29. The van der Waals surface area contributed by atoms with Crippen LogP contribution in [0.3, 0.4) is 0 Å². The Balaban J connectivity index is 1.68. The zero-order valence-corrected chi connectivity index (χ0v) is 21.6. The summed E-state index contributed by atoms with van der Waals surface area (Å²) in [7, 11) is -4.18. The molecule has 14 nitrogen and oxygen atoms in total. The Labute approximate surface area is 221 Å². The van der Waals surface area contributed by atoms with Gasteiger partial charge < -0.3 is 20.1 Å². The maximum Gasteiger partial charge on any atom is 0.321 e. The Hall–Kier alpha value is -3.60. The monoisotopic (exact) mass is 567 g/mol. The van der Waals surface area contributed by atoms with Gasteiger partial charge in [0.15, 0.2) is 6.17 Å². The second kappa shape index (κ2) is 11.4. The van der Waals surface area contributed by atoms with E-state index in [1.807, 2.05) is 0 Å². The Kier molecular flexibility index (Phi) is 8.25. The van der Waals surface area contributed by atoms with Crippen LogP contribution in [-0.4, -0.2) is 96.0 Å². The lowest BCUT2D eigenvalue weighted by atomic mass is 10.0. The molecule has 2 aromatic rings. The van der Waals surface area contributed by atoms with Crippen LogP contribution >= 0.6 is 11.3 Å². The molecular formula is C22H25N5O9S2. The molecule has 3 amide bonds. The summed E-state index contributed by atoms with van der Waals surface area (Å²) in [5, 5.41) is 24.8. The molecule has 38 heavy (non-hydrogen) atoms. The van der Waals surface area contributed by atoms with Crippen LogP contribution in [0.25, 0.3) is 0 Å². The molecule has 3 heterocycles. The molecular weight excluding hydrogens is 542 g/mol. The number of nitrogens with zero attached hydrogens (tertiary/aromatic N) is 4. The second-order valence-corrected chi connectivity index (χ2v) is 11.6. The van der Waals surface area contributed by atoms with Gasteiger partial charge in [0, 0.05) is 38.3 Å². The van der Waals surface area contributed by atoms with Gasteiger partial charge in [-0.15, -0.1) is 11.3 Å². The van der Waals surface area contributed by atoms with Crippen LogP contribution < -0.4 is 5.32 Å². The van der Waals surface area contributed by atoms with Gasteiger partial charge in [0.25, 0.3) is 21.6 Å². The minimum absolute atomic E-state index is 0.0169. The lowest BCUT2D eigenvalue weighted by Crippen LogP contribution is -2.57. The van der Waals surface area contributed by atoms with Gasteiger partial charge in [0.2, 0.25) is 0 Å². The molecule has 0 bridgehead atoms. The summed E-state index contributed by atoms with van der Waals surface area (Å²) in [6, 6.07) is 6.28. The first kappa shape index (κ1) is 27.4. The summed E-state index contributed by atoms with van der Waals surface area (Å²) >= 11 is 0.958. The fourth-order valence-electron chi connectivity index (χ4n) is 4.32. The van der Waals surface area contributed by atoms with E-state index in [4.69, 9.17) is 4.74 Å². The number of morpholine rings is 1. The fraction of sp³-hybridized carbons (Fsp3) is 0.409. The number of carboxylic acid groups (broad SMARTS) is 1. The second-order valence-electron chi connectivity index (χ2n) is 8.51. The third-order valence-electron chi connectivity index (χ3n) is 6.13. The number of ether oxygens (including phenoxy) is 1. The fourth-order valence-corrected chi connectivity index (χ4v) is 6.99. The van der Waals surface area contributed by atoms with Crippen LogP contribution in [0.4, 0.5) is 10.5 Å². The third kappa shape index (κ3) is 5.77. The van der Waals surface area contributed by atoms with Crippen molar-refractivity contribution >= 4 is 45.0 Å². The van der Waals surface area contributed by atoms with Crippen LogP contribution in [0.5, 0.6) is 0 Å². The zero-order chi connectivity index (χ0) is 27.4. The number of amides is 3. The summed E-state index contributed by atoms with van der Waals surface area (Å²) in [4.78, 5) is 51.8. The van der Waals surface area contributed by atoms with E-state index in [1.54, 1.807) is 11.4 Å². The van der Waals surface area contributed by atoms with Crippen molar-refractivity contribution in [2.24, 2.45) is 0 Å². The molecule has 2 aliphatic rings. The number of hydrogen-bond acceptors (Lipinski definition) is 9. The van der Waals surface area contributed by atoms with Crippen molar-refractivity contribution in [3.05, 3.63) is 57.5 Å². The number of benzene rings is 1. The Bertz CT molecular complexity index is 1310. The topological polar surface area (TPSA) is 180 Å². The molecule has 4 rings (SSSR count). The maximum atomic E-state index is 13.7. The lowest BCUT2D eigenvalue weighted by molar-refractivity contribution is -0.384. The van der Waals surface area contributed by atoms with Crippen molar-refractivity contribution < 1.29 is 37.6 Å². The van der Waals surface area contributed by atoms with Crippen LogP contribution in [0.2, 0.25) is 0 Å². The number of aliphatic carboxylic acids is 1. The molecule has 2 fully saturated rings. The molecule has 2 aliphatic heterocycles. The molecule has 2 saturated heterocycles. The standard InChI is InChI=1S/C22H25N5O9S2/c28-18(29)14-17(15-3-1-4-16(13-15)27(32)33)23-20(30)21-25(22(31)24-8-10-36-11-9-24)6-7-26(21)38(34,35)19-5-2-12-37-19/h1-5,12-13,17,21H,6-11,14H2,(H,23,30)(H,28,29). The summed E-state index contributed by atoms with van der Waals surface area (Å²) in [5.74, 6) is -2.22. The van der Waals surface area contributed by atoms with E-state index < -0.39 is 51.5 Å². The molecule has 16 heteroatoms. The molecule has 0 saturated carbocycles. The Morgan fingerprint density at radius 3 is 2.53 bits per heavy atom. The summed E-state index contributed by atoms with van der Waals surface area (Å²) in [6.07, 6.45) is -2.23. The molecule has 2 N–H and O–H groups in total. The van der Waals surface area contributed by atoms with Crippen LogP contribution in [0.15, 0.2) is 46.0 Å². The molecule has 1 aromatic carbocycles. The minimum atomic E-state index is -4.18. The van der Waals surface area contributed by atoms with Crippen molar-refractivity contribution in [2.75, 3.05) is 39.4 Å². The highest BCUT2D eigenvalue weighted by Gasteiger charge is 2.48. The van der Waals surface area contributed by atoms with Gasteiger partial charge in [-0.1, -0.05) is 18.2 Å². The SMILES string of the molecule is O=C(O)CC(NC(=O)C1N(C(=O)N2CCOCC2)CCN1S(=O)(=O)c1cccs1)c1cccc([N+](=O)[O-])c1. The van der Waals surface area contributed by atoms with Crippen LogP contribution in [-0.2, 0) is 24.3 Å². The average molecular weight is 568 g/mol. The number of thiophene rings is 1. The van der Waals surface area contributed by atoms with Crippen LogP contribution in [0, 0.1) is 10.1 Å². The smallest absolute Gasteiger partial charge is 0.321 e. The molecule has 2 unspecified atom stereocenters. The number of non-ortho nitro benzene ring substituents is 1. The van der Waals surface area contributed by atoms with Gasteiger partial charge in [0.05, 0.1) is 30.6 Å². The van der Waals surface area contributed by atoms with E-state index in [2.05, 4.69) is 5.32 Å². The molecule has 0 aliphatic carbocycles. The first-order valence-electron chi connectivity index (χ1n) is 11.5. The van der Waals surface area contributed by atoms with Crippen LogP contribution in [0.1, 0.15) is 18.0 Å². The van der Waals surface area contributed by atoms with Gasteiger partial charge in [-0.3, -0.25) is 24.6 Å². The number of sulfonamides is 1. The lowest BCUT2D eigenvalue weighted by Gasteiger charge is -2.35. The van der Waals surface area contributed by atoms with Gasteiger partial charge in [0.1, 0.15) is 4.21 Å². The van der Waals surface area contributed by atoms with Crippen molar-refractivity contribution in [3.63, 3.8) is 0 Å². The first-order valence-corrected chi connectivity index (χ1v) is 13.9. The zero-order valence-electron chi connectivity index (χ0n) is 20.0. The first-order chi connectivity index (χ1) is 18.1. The number of nitro groups is 1. The number of rotatable bonds is 8. The summed E-state index contributed by atoms with van der Waals surface area (Å²) in [6.45, 7) is 0.879. The molecule has 0 radical (unpaired) electrons. The Morgan fingerprint density at radius 2 is 1.89 bits per heavy atom. The summed E-state index contributed by atoms with van der Waals surface area (Å²) in [5.41, 5.74) is -0.161. The predicted molar refractivity (Wildman–Crippen MR) is 133 cm³/mol.